The van der Waals surface area contributed by atoms with Gasteiger partial charge in [0.05, 0.1) is 11.4 Å². The predicted octanol–water partition coefficient (Wildman–Crippen LogP) is 3.19. The zero-order chi connectivity index (χ0) is 17.5. The van der Waals surface area contributed by atoms with E-state index in [4.69, 9.17) is 12.2 Å². The summed E-state index contributed by atoms with van der Waals surface area (Å²) in [4.78, 5) is 9.53. The first kappa shape index (κ1) is 17.2. The Balaban J connectivity index is 1.71. The van der Waals surface area contributed by atoms with E-state index >= 15 is 0 Å². The quantitative estimate of drug-likeness (QED) is 0.438. The average molecular weight is 368 g/mol. The molecule has 0 atom stereocenters. The van der Waals surface area contributed by atoms with Crippen LogP contribution < -0.4 is 10.2 Å². The van der Waals surface area contributed by atoms with Crippen LogP contribution in [0.4, 0.5) is 0 Å². The summed E-state index contributed by atoms with van der Waals surface area (Å²) in [6.45, 7) is 2.63. The molecular formula is C18H17N5S2. The number of nitrogens with zero attached hydrogens (tertiary/aromatic N) is 4. The van der Waals surface area contributed by atoms with Crippen molar-refractivity contribution in [1.82, 2.24) is 15.0 Å². The van der Waals surface area contributed by atoms with Crippen molar-refractivity contribution >= 4 is 34.4 Å². The number of hydrogen-bond donors (Lipinski definition) is 1. The summed E-state index contributed by atoms with van der Waals surface area (Å²) in [6, 6.07) is 15.9. The first-order valence-electron chi connectivity index (χ1n) is 7.70. The summed E-state index contributed by atoms with van der Waals surface area (Å²) >= 11 is 6.82. The van der Waals surface area contributed by atoms with E-state index in [9.17, 15) is 0 Å². The van der Waals surface area contributed by atoms with Crippen molar-refractivity contribution in [2.45, 2.75) is 13.5 Å². The van der Waals surface area contributed by atoms with Gasteiger partial charge in [0.2, 0.25) is 5.11 Å². The van der Waals surface area contributed by atoms with Gasteiger partial charge in [-0.15, -0.1) is 11.3 Å². The Bertz CT molecular complexity index is 927. The van der Waals surface area contributed by atoms with Crippen LogP contribution in [0.5, 0.6) is 0 Å². The highest BCUT2D eigenvalue weighted by atomic mass is 32.1. The maximum Gasteiger partial charge on any atom is 0.216 e. The molecule has 0 aliphatic heterocycles. The highest BCUT2D eigenvalue weighted by molar-refractivity contribution is 7.80. The fraction of sp³-hybridized carbons (Fsp3) is 0.111. The van der Waals surface area contributed by atoms with Crippen LogP contribution in [0.2, 0.25) is 0 Å². The van der Waals surface area contributed by atoms with Crippen molar-refractivity contribution in [3.63, 3.8) is 0 Å². The largest absolute Gasteiger partial charge is 0.319 e. The summed E-state index contributed by atoms with van der Waals surface area (Å²) in [5, 5.41) is 6.56. The molecule has 1 N–H and O–H groups in total. The fourth-order valence-corrected chi connectivity index (χ4v) is 3.09. The van der Waals surface area contributed by atoms with E-state index < -0.39 is 0 Å². The van der Waals surface area contributed by atoms with Crippen molar-refractivity contribution in [3.8, 4) is 0 Å². The molecule has 2 heterocycles. The third-order valence-corrected chi connectivity index (χ3v) is 4.38. The minimum Gasteiger partial charge on any atom is -0.319 e. The number of pyridine rings is 1. The smallest absolute Gasteiger partial charge is 0.216 e. The maximum atomic E-state index is 5.28. The molecule has 0 aliphatic carbocycles. The van der Waals surface area contributed by atoms with Crippen LogP contribution in [0.1, 0.15) is 18.2 Å². The average Bonchev–Trinajstić information content (AvgIpc) is 3.08. The van der Waals surface area contributed by atoms with Gasteiger partial charge >= 0.3 is 0 Å². The summed E-state index contributed by atoms with van der Waals surface area (Å²) in [5.74, 6) is 0. The van der Waals surface area contributed by atoms with Crippen LogP contribution in [-0.2, 0) is 6.54 Å². The Kier molecular flexibility index (Phi) is 5.81. The van der Waals surface area contributed by atoms with Crippen molar-refractivity contribution < 1.29 is 0 Å². The molecule has 126 valence electrons. The van der Waals surface area contributed by atoms with Gasteiger partial charge in [-0.3, -0.25) is 10.4 Å². The number of hydrogen-bond acceptors (Lipinski definition) is 4. The molecule has 0 unspecified atom stereocenters. The standard InChI is InChI=1S/C18H17N5S2/c1-14(16-9-5-6-10-19-16)21-22-17(24)20-18-23(11-12-25-18)13-15-7-3-2-4-8-15/h2-12H,13H2,1H3,(H,22,24)/b20-18-,21-14+. The van der Waals surface area contributed by atoms with E-state index in [-0.39, 0.29) is 0 Å². The molecule has 0 saturated heterocycles. The van der Waals surface area contributed by atoms with Gasteiger partial charge in [0.25, 0.3) is 0 Å². The molecule has 0 amide bonds. The molecule has 3 rings (SSSR count). The Morgan fingerprint density at radius 3 is 2.76 bits per heavy atom. The molecule has 25 heavy (non-hydrogen) atoms. The Morgan fingerprint density at radius 2 is 2.00 bits per heavy atom. The molecule has 0 bridgehead atoms. The summed E-state index contributed by atoms with van der Waals surface area (Å²) in [7, 11) is 0. The van der Waals surface area contributed by atoms with Gasteiger partial charge in [0.1, 0.15) is 0 Å². The van der Waals surface area contributed by atoms with Gasteiger partial charge in [-0.25, -0.2) is 0 Å². The molecule has 0 fully saturated rings. The fourth-order valence-electron chi connectivity index (χ4n) is 2.16. The number of thiazole rings is 1. The van der Waals surface area contributed by atoms with E-state index in [2.05, 4.69) is 37.2 Å². The van der Waals surface area contributed by atoms with Gasteiger partial charge in [-0.1, -0.05) is 36.4 Å². The van der Waals surface area contributed by atoms with Crippen molar-refractivity contribution in [2.75, 3.05) is 0 Å². The molecule has 1 aromatic carbocycles. The Hall–Kier alpha value is -2.64. The zero-order valence-electron chi connectivity index (χ0n) is 13.7. The number of benzene rings is 1. The molecule has 5 nitrogen and oxygen atoms in total. The number of hydrazone groups is 1. The number of rotatable bonds is 4. The minimum absolute atomic E-state index is 0.319. The molecule has 0 saturated carbocycles. The first-order valence-corrected chi connectivity index (χ1v) is 8.99. The van der Waals surface area contributed by atoms with Crippen LogP contribution in [0.3, 0.4) is 0 Å². The topological polar surface area (TPSA) is 54.6 Å². The number of nitrogens with one attached hydrogen (secondary N) is 1. The van der Waals surface area contributed by atoms with Gasteiger partial charge < -0.3 is 4.57 Å². The van der Waals surface area contributed by atoms with Crippen molar-refractivity contribution in [3.05, 3.63) is 82.4 Å². The van der Waals surface area contributed by atoms with Crippen LogP contribution in [0, 0.1) is 0 Å². The van der Waals surface area contributed by atoms with E-state index in [1.54, 1.807) is 6.20 Å². The lowest BCUT2D eigenvalue weighted by Gasteiger charge is -2.03. The second-order valence-corrected chi connectivity index (χ2v) is 6.50. The summed E-state index contributed by atoms with van der Waals surface area (Å²) in [5.41, 5.74) is 5.58. The van der Waals surface area contributed by atoms with E-state index in [1.807, 2.05) is 54.9 Å². The highest BCUT2D eigenvalue weighted by Crippen LogP contribution is 2.02. The van der Waals surface area contributed by atoms with Gasteiger partial charge in [-0.2, -0.15) is 10.1 Å². The minimum atomic E-state index is 0.319. The first-order chi connectivity index (χ1) is 12.2. The summed E-state index contributed by atoms with van der Waals surface area (Å²) < 4.78 is 2.06. The van der Waals surface area contributed by atoms with Crippen molar-refractivity contribution in [1.29, 1.82) is 0 Å². The highest BCUT2D eigenvalue weighted by Gasteiger charge is 2.00. The monoisotopic (exact) mass is 367 g/mol. The van der Waals surface area contributed by atoms with Gasteiger partial charge in [0, 0.05) is 24.3 Å². The second kappa shape index (κ2) is 8.46. The number of aromatic nitrogens is 2. The van der Waals surface area contributed by atoms with Crippen LogP contribution >= 0.6 is 23.6 Å². The van der Waals surface area contributed by atoms with Crippen LogP contribution in [0.25, 0.3) is 0 Å². The number of thiocarbonyl (C=S) groups is 1. The summed E-state index contributed by atoms with van der Waals surface area (Å²) in [6.07, 6.45) is 3.73. The van der Waals surface area contributed by atoms with Crippen LogP contribution in [-0.4, -0.2) is 20.4 Å². The van der Waals surface area contributed by atoms with Gasteiger partial charge in [0.15, 0.2) is 4.80 Å². The van der Waals surface area contributed by atoms with E-state index in [0.29, 0.717) is 5.11 Å². The van der Waals surface area contributed by atoms with Gasteiger partial charge in [-0.05, 0) is 36.8 Å². The predicted molar refractivity (Wildman–Crippen MR) is 106 cm³/mol. The Morgan fingerprint density at radius 1 is 1.20 bits per heavy atom. The second-order valence-electron chi connectivity index (χ2n) is 5.24. The third-order valence-electron chi connectivity index (χ3n) is 3.41. The molecular weight excluding hydrogens is 350 g/mol. The van der Waals surface area contributed by atoms with E-state index in [1.165, 1.54) is 16.9 Å². The van der Waals surface area contributed by atoms with Crippen molar-refractivity contribution in [2.24, 2.45) is 10.1 Å². The van der Waals surface area contributed by atoms with E-state index in [0.717, 1.165) is 22.8 Å². The molecule has 0 radical (unpaired) electrons. The Labute approximate surface area is 155 Å². The molecule has 3 aromatic rings. The maximum absolute atomic E-state index is 5.28. The molecule has 0 aliphatic rings. The SMILES string of the molecule is C/C(=N\NC(=S)/N=c1\sccn1Cc1ccccc1)c1ccccn1. The zero-order valence-corrected chi connectivity index (χ0v) is 15.3. The molecule has 2 aromatic heterocycles. The normalized spacial score (nSPS) is 12.2. The lowest BCUT2D eigenvalue weighted by Crippen LogP contribution is -2.22. The van der Waals surface area contributed by atoms with Crippen LogP contribution in [0.15, 0.2) is 76.4 Å². The lowest BCUT2D eigenvalue weighted by molar-refractivity contribution is 0.770. The lowest BCUT2D eigenvalue weighted by atomic mass is 10.2. The third kappa shape index (κ3) is 4.91. The molecule has 0 spiro atoms. The molecule has 7 heteroatoms.